The maximum Gasteiger partial charge on any atom is 0.0787 e. The Labute approximate surface area is 112 Å². The van der Waals surface area contributed by atoms with Crippen molar-refractivity contribution in [1.82, 2.24) is 10.2 Å². The highest BCUT2D eigenvalue weighted by Crippen LogP contribution is 2.37. The molecule has 18 heavy (non-hydrogen) atoms. The quantitative estimate of drug-likeness (QED) is 0.833. The maximum absolute atomic E-state index is 6.13. The van der Waals surface area contributed by atoms with Crippen LogP contribution in [0.25, 0.3) is 0 Å². The molecule has 2 saturated heterocycles. The Bertz CT molecular complexity index is 288. The zero-order chi connectivity index (χ0) is 13.4. The number of likely N-dealkylation sites (tertiary alicyclic amines) is 1. The minimum atomic E-state index is -0.0352. The average Bonchev–Trinajstić information content (AvgIpc) is 2.77. The number of rotatable bonds is 4. The summed E-state index contributed by atoms with van der Waals surface area (Å²) in [5.74, 6) is 0.824. The lowest BCUT2D eigenvalue weighted by molar-refractivity contribution is -0.0699. The fraction of sp³-hybridized carbons (Fsp3) is 1.00. The Balaban J connectivity index is 1.80. The van der Waals surface area contributed by atoms with Crippen LogP contribution in [0.2, 0.25) is 0 Å². The monoisotopic (exact) mass is 254 g/mol. The van der Waals surface area contributed by atoms with Crippen molar-refractivity contribution in [2.75, 3.05) is 26.2 Å². The number of hydrogen-bond donors (Lipinski definition) is 1. The van der Waals surface area contributed by atoms with Gasteiger partial charge in [-0.2, -0.15) is 0 Å². The molecule has 3 heteroatoms. The summed E-state index contributed by atoms with van der Waals surface area (Å²) in [6.45, 7) is 16.0. The van der Waals surface area contributed by atoms with Gasteiger partial charge in [-0.1, -0.05) is 6.92 Å². The van der Waals surface area contributed by atoms with Crippen LogP contribution >= 0.6 is 0 Å². The van der Waals surface area contributed by atoms with Crippen molar-refractivity contribution in [3.8, 4) is 0 Å². The molecule has 2 aliphatic heterocycles. The van der Waals surface area contributed by atoms with Gasteiger partial charge >= 0.3 is 0 Å². The molecule has 0 spiro atoms. The molecule has 2 fully saturated rings. The molecule has 0 radical (unpaired) electrons. The number of hydrogen-bond acceptors (Lipinski definition) is 3. The molecular formula is C15H30N2O. The molecule has 2 rings (SSSR count). The number of nitrogens with one attached hydrogen (secondary N) is 1. The van der Waals surface area contributed by atoms with Gasteiger partial charge in [0.15, 0.2) is 0 Å². The molecule has 1 N–H and O–H groups in total. The van der Waals surface area contributed by atoms with E-state index < -0.39 is 0 Å². The van der Waals surface area contributed by atoms with Gasteiger partial charge in [0.2, 0.25) is 0 Å². The van der Waals surface area contributed by atoms with Gasteiger partial charge in [0.25, 0.3) is 0 Å². The summed E-state index contributed by atoms with van der Waals surface area (Å²) in [7, 11) is 0. The summed E-state index contributed by atoms with van der Waals surface area (Å²) in [6.07, 6.45) is 2.46. The number of ether oxygens (including phenoxy) is 1. The second kappa shape index (κ2) is 5.10. The van der Waals surface area contributed by atoms with Crippen LogP contribution in [-0.2, 0) is 4.74 Å². The Morgan fingerprint density at radius 2 is 2.00 bits per heavy atom. The molecule has 2 unspecified atom stereocenters. The van der Waals surface area contributed by atoms with Gasteiger partial charge < -0.3 is 15.0 Å². The van der Waals surface area contributed by atoms with Crippen LogP contribution in [0.3, 0.4) is 0 Å². The van der Waals surface area contributed by atoms with Gasteiger partial charge in [0.1, 0.15) is 0 Å². The summed E-state index contributed by atoms with van der Waals surface area (Å²) in [6, 6.07) is 0.489. The Morgan fingerprint density at radius 3 is 2.50 bits per heavy atom. The van der Waals surface area contributed by atoms with Crippen LogP contribution < -0.4 is 5.32 Å². The van der Waals surface area contributed by atoms with E-state index in [2.05, 4.69) is 44.8 Å². The van der Waals surface area contributed by atoms with E-state index in [4.69, 9.17) is 4.74 Å². The lowest BCUT2D eigenvalue weighted by Gasteiger charge is -2.28. The standard InChI is InChI=1S/C15H30N2O/c1-6-17-8-7-12(11-17)10-16-13-9-14(2,3)18-15(13,4)5/h12-13,16H,6-11H2,1-5H3. The molecule has 0 aliphatic carbocycles. The van der Waals surface area contributed by atoms with Crippen LogP contribution in [0.1, 0.15) is 47.5 Å². The van der Waals surface area contributed by atoms with Crippen LogP contribution in [0.15, 0.2) is 0 Å². The highest BCUT2D eigenvalue weighted by Gasteiger charge is 2.45. The third-order valence-electron chi connectivity index (χ3n) is 4.54. The average molecular weight is 254 g/mol. The first kappa shape index (κ1) is 14.3. The van der Waals surface area contributed by atoms with Crippen molar-refractivity contribution in [3.63, 3.8) is 0 Å². The molecule has 0 saturated carbocycles. The van der Waals surface area contributed by atoms with Crippen LogP contribution in [0, 0.1) is 5.92 Å². The summed E-state index contributed by atoms with van der Waals surface area (Å²) >= 11 is 0. The van der Waals surface area contributed by atoms with E-state index in [1.807, 2.05) is 0 Å². The lowest BCUT2D eigenvalue weighted by atomic mass is 9.94. The molecule has 0 aromatic heterocycles. The summed E-state index contributed by atoms with van der Waals surface area (Å²) in [5.41, 5.74) is -0.0150. The van der Waals surface area contributed by atoms with E-state index >= 15 is 0 Å². The van der Waals surface area contributed by atoms with Gasteiger partial charge in [0.05, 0.1) is 11.2 Å². The van der Waals surface area contributed by atoms with Gasteiger partial charge in [-0.25, -0.2) is 0 Å². The fourth-order valence-corrected chi connectivity index (χ4v) is 3.56. The molecule has 0 bridgehead atoms. The molecule has 2 atom stereocenters. The zero-order valence-corrected chi connectivity index (χ0v) is 12.8. The third kappa shape index (κ3) is 3.25. The Hall–Kier alpha value is -0.120. The number of nitrogens with zero attached hydrogens (tertiary/aromatic N) is 1. The van der Waals surface area contributed by atoms with E-state index in [1.165, 1.54) is 26.1 Å². The van der Waals surface area contributed by atoms with Crippen LogP contribution in [0.5, 0.6) is 0 Å². The van der Waals surface area contributed by atoms with Gasteiger partial charge in [-0.15, -0.1) is 0 Å². The molecule has 0 amide bonds. The highest BCUT2D eigenvalue weighted by molar-refractivity contribution is 4.99. The second-order valence-corrected chi connectivity index (χ2v) is 7.18. The first-order chi connectivity index (χ1) is 8.32. The van der Waals surface area contributed by atoms with Crippen molar-refractivity contribution in [1.29, 1.82) is 0 Å². The molecule has 106 valence electrons. The minimum absolute atomic E-state index is 0.0201. The first-order valence-electron chi connectivity index (χ1n) is 7.48. The molecule has 2 heterocycles. The minimum Gasteiger partial charge on any atom is -0.368 e. The normalized spacial score (nSPS) is 35.2. The Morgan fingerprint density at radius 1 is 1.28 bits per heavy atom. The maximum atomic E-state index is 6.13. The van der Waals surface area contributed by atoms with Crippen LogP contribution in [0.4, 0.5) is 0 Å². The van der Waals surface area contributed by atoms with E-state index in [0.29, 0.717) is 6.04 Å². The van der Waals surface area contributed by atoms with Gasteiger partial charge in [-0.05, 0) is 66.1 Å². The van der Waals surface area contributed by atoms with Crippen molar-refractivity contribution < 1.29 is 4.74 Å². The predicted octanol–water partition coefficient (Wildman–Crippen LogP) is 2.26. The van der Waals surface area contributed by atoms with E-state index in [1.54, 1.807) is 0 Å². The van der Waals surface area contributed by atoms with Gasteiger partial charge in [0, 0.05) is 12.6 Å². The van der Waals surface area contributed by atoms with E-state index in [-0.39, 0.29) is 11.2 Å². The fourth-order valence-electron chi connectivity index (χ4n) is 3.56. The summed E-state index contributed by atoms with van der Waals surface area (Å²) < 4.78 is 6.13. The largest absolute Gasteiger partial charge is 0.368 e. The zero-order valence-electron chi connectivity index (χ0n) is 12.8. The van der Waals surface area contributed by atoms with Crippen molar-refractivity contribution >= 4 is 0 Å². The van der Waals surface area contributed by atoms with Crippen LogP contribution in [-0.4, -0.2) is 48.3 Å². The third-order valence-corrected chi connectivity index (χ3v) is 4.54. The smallest absolute Gasteiger partial charge is 0.0787 e. The lowest BCUT2D eigenvalue weighted by Crippen LogP contribution is -2.45. The van der Waals surface area contributed by atoms with Crippen molar-refractivity contribution in [3.05, 3.63) is 0 Å². The predicted molar refractivity (Wildman–Crippen MR) is 75.9 cm³/mol. The highest BCUT2D eigenvalue weighted by atomic mass is 16.5. The SMILES string of the molecule is CCN1CCC(CNC2CC(C)(C)OC2(C)C)C1. The molecule has 3 nitrogen and oxygen atoms in total. The first-order valence-corrected chi connectivity index (χ1v) is 7.48. The molecule has 0 aromatic rings. The molecule has 2 aliphatic rings. The second-order valence-electron chi connectivity index (χ2n) is 7.18. The van der Waals surface area contributed by atoms with E-state index in [9.17, 15) is 0 Å². The summed E-state index contributed by atoms with van der Waals surface area (Å²) in [5, 5.41) is 3.76. The van der Waals surface area contributed by atoms with Crippen molar-refractivity contribution in [2.45, 2.75) is 64.7 Å². The van der Waals surface area contributed by atoms with Gasteiger partial charge in [-0.3, -0.25) is 0 Å². The molecular weight excluding hydrogens is 224 g/mol. The Kier molecular flexibility index (Phi) is 4.05. The molecule has 0 aromatic carbocycles. The van der Waals surface area contributed by atoms with Crippen molar-refractivity contribution in [2.24, 2.45) is 5.92 Å². The summed E-state index contributed by atoms with van der Waals surface area (Å²) in [4.78, 5) is 2.55. The van der Waals surface area contributed by atoms with E-state index in [0.717, 1.165) is 18.9 Å². The topological polar surface area (TPSA) is 24.5 Å².